The lowest BCUT2D eigenvalue weighted by molar-refractivity contribution is 0.223. The molecule has 1 unspecified atom stereocenters. The van der Waals surface area contributed by atoms with Crippen molar-refractivity contribution in [2.45, 2.75) is 19.0 Å². The van der Waals surface area contributed by atoms with Gasteiger partial charge in [0.15, 0.2) is 0 Å². The van der Waals surface area contributed by atoms with E-state index in [1.54, 1.807) is 11.3 Å². The van der Waals surface area contributed by atoms with Crippen molar-refractivity contribution < 1.29 is 0 Å². The highest BCUT2D eigenvalue weighted by Crippen LogP contribution is 2.37. The molecule has 0 radical (unpaired) electrons. The van der Waals surface area contributed by atoms with Crippen molar-refractivity contribution in [1.29, 1.82) is 0 Å². The predicted molar refractivity (Wildman–Crippen MR) is 88.8 cm³/mol. The van der Waals surface area contributed by atoms with E-state index in [1.807, 2.05) is 11.6 Å². The van der Waals surface area contributed by atoms with Crippen LogP contribution in [0.3, 0.4) is 0 Å². The van der Waals surface area contributed by atoms with Gasteiger partial charge in [0.05, 0.1) is 5.01 Å². The molecule has 112 valence electrons. The average molecular weight is 302 g/mol. The van der Waals surface area contributed by atoms with E-state index >= 15 is 0 Å². The minimum Gasteiger partial charge on any atom is -0.377 e. The summed E-state index contributed by atoms with van der Waals surface area (Å²) in [5.74, 6) is 0. The summed E-state index contributed by atoms with van der Waals surface area (Å²) in [6.45, 7) is 2.66. The van der Waals surface area contributed by atoms with Gasteiger partial charge in [-0.2, -0.15) is 0 Å². The smallest absolute Gasteiger partial charge is 0.0937 e. The maximum absolute atomic E-state index is 6.05. The number of anilines is 1. The van der Waals surface area contributed by atoms with Gasteiger partial charge in [-0.3, -0.25) is 4.90 Å². The fraction of sp³-hybridized carbons (Fsp3) is 0.438. The Balaban J connectivity index is 1.80. The molecule has 1 aliphatic heterocycles. The summed E-state index contributed by atoms with van der Waals surface area (Å²) in [5.41, 5.74) is 10.2. The number of hydrogen-bond donors (Lipinski definition) is 1. The van der Waals surface area contributed by atoms with Crippen molar-refractivity contribution in [1.82, 2.24) is 9.88 Å². The van der Waals surface area contributed by atoms with Crippen LogP contribution in [0.5, 0.6) is 0 Å². The van der Waals surface area contributed by atoms with E-state index in [4.69, 9.17) is 5.73 Å². The third kappa shape index (κ3) is 2.81. The van der Waals surface area contributed by atoms with Crippen LogP contribution < -0.4 is 10.6 Å². The van der Waals surface area contributed by atoms with Gasteiger partial charge >= 0.3 is 0 Å². The van der Waals surface area contributed by atoms with Gasteiger partial charge in [0.2, 0.25) is 0 Å². The van der Waals surface area contributed by atoms with Gasteiger partial charge in [-0.15, -0.1) is 11.3 Å². The van der Waals surface area contributed by atoms with Crippen LogP contribution in [0.15, 0.2) is 29.8 Å². The molecule has 0 spiro atoms. The Morgan fingerprint density at radius 1 is 1.43 bits per heavy atom. The Morgan fingerprint density at radius 3 is 2.95 bits per heavy atom. The number of aromatic nitrogens is 1. The minimum absolute atomic E-state index is 0.333. The normalized spacial score (nSPS) is 18.0. The number of rotatable bonds is 5. The number of benzene rings is 1. The van der Waals surface area contributed by atoms with E-state index in [2.05, 4.69) is 47.1 Å². The number of hydrogen-bond acceptors (Lipinski definition) is 5. The second kappa shape index (κ2) is 6.13. The molecule has 4 nitrogen and oxygen atoms in total. The van der Waals surface area contributed by atoms with E-state index in [0.29, 0.717) is 12.6 Å². The lowest BCUT2D eigenvalue weighted by Gasteiger charge is -2.23. The number of thiazole rings is 1. The van der Waals surface area contributed by atoms with Crippen LogP contribution in [0.1, 0.15) is 22.2 Å². The Kier molecular flexibility index (Phi) is 4.24. The Labute approximate surface area is 130 Å². The zero-order valence-corrected chi connectivity index (χ0v) is 13.4. The molecule has 2 aromatic rings. The summed E-state index contributed by atoms with van der Waals surface area (Å²) in [7, 11) is 4.20. The van der Waals surface area contributed by atoms with Gasteiger partial charge in [0, 0.05) is 63.5 Å². The Bertz CT molecular complexity index is 594. The van der Waals surface area contributed by atoms with Crippen LogP contribution in [-0.2, 0) is 13.0 Å². The summed E-state index contributed by atoms with van der Waals surface area (Å²) in [6.07, 6.45) is 2.88. The van der Waals surface area contributed by atoms with E-state index in [-0.39, 0.29) is 0 Å². The van der Waals surface area contributed by atoms with E-state index < -0.39 is 0 Å². The maximum Gasteiger partial charge on any atom is 0.0937 e. The van der Waals surface area contributed by atoms with Crippen molar-refractivity contribution in [3.8, 4) is 0 Å². The maximum atomic E-state index is 6.05. The second-order valence-corrected chi connectivity index (χ2v) is 6.62. The molecule has 21 heavy (non-hydrogen) atoms. The number of nitrogens with two attached hydrogens (primary N) is 1. The van der Waals surface area contributed by atoms with Crippen LogP contribution >= 0.6 is 11.3 Å². The Morgan fingerprint density at radius 2 is 2.29 bits per heavy atom. The summed E-state index contributed by atoms with van der Waals surface area (Å²) < 4.78 is 0. The van der Waals surface area contributed by atoms with Gasteiger partial charge in [-0.1, -0.05) is 12.1 Å². The molecule has 0 amide bonds. The number of nitrogens with zero attached hydrogens (tertiary/aromatic N) is 3. The highest BCUT2D eigenvalue weighted by atomic mass is 32.1. The first-order valence-electron chi connectivity index (χ1n) is 7.32. The highest BCUT2D eigenvalue weighted by molar-refractivity contribution is 7.09. The summed E-state index contributed by atoms with van der Waals surface area (Å²) in [5, 5.41) is 3.24. The third-order valence-corrected chi connectivity index (χ3v) is 4.99. The van der Waals surface area contributed by atoms with E-state index in [0.717, 1.165) is 19.5 Å². The predicted octanol–water partition coefficient (Wildman–Crippen LogP) is 2.27. The van der Waals surface area contributed by atoms with Crippen molar-refractivity contribution >= 4 is 17.0 Å². The molecule has 1 atom stereocenters. The lowest BCUT2D eigenvalue weighted by Crippen LogP contribution is -2.29. The van der Waals surface area contributed by atoms with Gasteiger partial charge in [0.1, 0.15) is 0 Å². The standard InChI is InChI=1S/C16H22N4S/c1-19(2)14-5-3-4-12-13(14)11-20(15(12)10-17)8-6-16-18-7-9-21-16/h3-5,7,9,15H,6,8,10-11,17H2,1-2H3. The Hall–Kier alpha value is -1.43. The van der Waals surface area contributed by atoms with Gasteiger partial charge in [-0.05, 0) is 17.2 Å². The number of fused-ring (bicyclic) bond motifs is 1. The first kappa shape index (κ1) is 14.5. The van der Waals surface area contributed by atoms with E-state index in [9.17, 15) is 0 Å². The topological polar surface area (TPSA) is 45.4 Å². The van der Waals surface area contributed by atoms with Gasteiger partial charge in [-0.25, -0.2) is 4.98 Å². The molecule has 1 aromatic heterocycles. The zero-order valence-electron chi connectivity index (χ0n) is 12.6. The molecule has 0 bridgehead atoms. The first-order valence-corrected chi connectivity index (χ1v) is 8.20. The lowest BCUT2D eigenvalue weighted by atomic mass is 10.0. The van der Waals surface area contributed by atoms with E-state index in [1.165, 1.54) is 21.8 Å². The summed E-state index contributed by atoms with van der Waals surface area (Å²) >= 11 is 1.73. The molecule has 1 aromatic carbocycles. The molecule has 3 rings (SSSR count). The molecule has 0 fully saturated rings. The quantitative estimate of drug-likeness (QED) is 0.920. The fourth-order valence-corrected chi connectivity index (χ4v) is 3.74. The summed E-state index contributed by atoms with van der Waals surface area (Å²) in [6, 6.07) is 6.89. The van der Waals surface area contributed by atoms with Crippen molar-refractivity contribution in [3.63, 3.8) is 0 Å². The molecule has 2 N–H and O–H groups in total. The van der Waals surface area contributed by atoms with Crippen LogP contribution in [-0.4, -0.2) is 37.1 Å². The molecule has 0 aliphatic carbocycles. The zero-order chi connectivity index (χ0) is 14.8. The van der Waals surface area contributed by atoms with Crippen molar-refractivity contribution in [2.75, 3.05) is 32.1 Å². The largest absolute Gasteiger partial charge is 0.377 e. The second-order valence-electron chi connectivity index (χ2n) is 5.64. The monoisotopic (exact) mass is 302 g/mol. The van der Waals surface area contributed by atoms with Crippen LogP contribution in [0.25, 0.3) is 0 Å². The summed E-state index contributed by atoms with van der Waals surface area (Å²) in [4.78, 5) is 9.05. The molecule has 1 aliphatic rings. The molecule has 0 saturated heterocycles. The molecule has 2 heterocycles. The molecular weight excluding hydrogens is 280 g/mol. The van der Waals surface area contributed by atoms with Gasteiger partial charge < -0.3 is 10.6 Å². The van der Waals surface area contributed by atoms with Crippen molar-refractivity contribution in [2.24, 2.45) is 5.73 Å². The third-order valence-electron chi connectivity index (χ3n) is 4.15. The molecular formula is C16H22N4S. The van der Waals surface area contributed by atoms with Crippen LogP contribution in [0.4, 0.5) is 5.69 Å². The fourth-order valence-electron chi connectivity index (χ4n) is 3.13. The SMILES string of the molecule is CN(C)c1cccc2c1CN(CCc1nccs1)C2CN. The molecule has 5 heteroatoms. The average Bonchev–Trinajstić information content (AvgIpc) is 3.11. The van der Waals surface area contributed by atoms with Gasteiger partial charge in [0.25, 0.3) is 0 Å². The first-order chi connectivity index (χ1) is 10.2. The molecule has 0 saturated carbocycles. The van der Waals surface area contributed by atoms with Crippen LogP contribution in [0, 0.1) is 0 Å². The van der Waals surface area contributed by atoms with Crippen LogP contribution in [0.2, 0.25) is 0 Å². The highest BCUT2D eigenvalue weighted by Gasteiger charge is 2.30. The van der Waals surface area contributed by atoms with Crippen molar-refractivity contribution in [3.05, 3.63) is 45.9 Å². The minimum atomic E-state index is 0.333.